The highest BCUT2D eigenvalue weighted by Gasteiger charge is 2.15. The van der Waals surface area contributed by atoms with Gasteiger partial charge in [0.2, 0.25) is 5.91 Å². The number of carboxylic acid groups (broad SMARTS) is 1. The first-order valence-corrected chi connectivity index (χ1v) is 4.48. The largest absolute Gasteiger partial charge is 0.481 e. The number of carboxylic acids is 1. The maximum absolute atomic E-state index is 11.3. The number of nitrogens with one attached hydrogen (secondary N) is 1. The lowest BCUT2D eigenvalue weighted by Gasteiger charge is -2.12. The predicted molar refractivity (Wildman–Crippen MR) is 50.8 cm³/mol. The molecule has 14 heavy (non-hydrogen) atoms. The predicted octanol–water partition coefficient (Wildman–Crippen LogP) is 0.106. The molecular formula is C9H17NO4. The fourth-order valence-electron chi connectivity index (χ4n) is 0.841. The summed E-state index contributed by atoms with van der Waals surface area (Å²) in [4.78, 5) is 21.7. The Hall–Kier alpha value is -1.10. The van der Waals surface area contributed by atoms with Crippen molar-refractivity contribution in [1.82, 2.24) is 5.32 Å². The zero-order valence-corrected chi connectivity index (χ0v) is 8.74. The molecule has 0 saturated carbocycles. The van der Waals surface area contributed by atoms with E-state index in [0.29, 0.717) is 6.61 Å². The molecule has 0 bridgehead atoms. The van der Waals surface area contributed by atoms with Gasteiger partial charge in [-0.25, -0.2) is 0 Å². The van der Waals surface area contributed by atoms with Crippen molar-refractivity contribution < 1.29 is 19.4 Å². The third kappa shape index (κ3) is 4.81. The molecule has 0 aliphatic rings. The molecule has 2 atom stereocenters. The van der Waals surface area contributed by atoms with Crippen molar-refractivity contribution in [3.8, 4) is 0 Å². The van der Waals surface area contributed by atoms with Crippen LogP contribution in [0.2, 0.25) is 0 Å². The molecule has 5 heteroatoms. The molecule has 82 valence electrons. The molecule has 0 saturated heterocycles. The topological polar surface area (TPSA) is 75.6 Å². The van der Waals surface area contributed by atoms with Crippen LogP contribution < -0.4 is 5.32 Å². The van der Waals surface area contributed by atoms with Gasteiger partial charge in [0.15, 0.2) is 0 Å². The smallest absolute Gasteiger partial charge is 0.308 e. The Morgan fingerprint density at radius 3 is 2.36 bits per heavy atom. The molecule has 0 aliphatic carbocycles. The van der Waals surface area contributed by atoms with Crippen molar-refractivity contribution >= 4 is 11.9 Å². The van der Waals surface area contributed by atoms with Crippen LogP contribution in [0.15, 0.2) is 0 Å². The zero-order chi connectivity index (χ0) is 11.1. The molecule has 1 amide bonds. The summed E-state index contributed by atoms with van der Waals surface area (Å²) in [5.41, 5.74) is 0. The first kappa shape index (κ1) is 12.9. The number of carbonyl (C=O) groups is 2. The zero-order valence-electron chi connectivity index (χ0n) is 8.74. The van der Waals surface area contributed by atoms with E-state index in [-0.39, 0.29) is 18.4 Å². The molecule has 0 aromatic carbocycles. The highest BCUT2D eigenvalue weighted by atomic mass is 16.5. The van der Waals surface area contributed by atoms with Crippen LogP contribution in [0.4, 0.5) is 0 Å². The van der Waals surface area contributed by atoms with Gasteiger partial charge in [-0.2, -0.15) is 0 Å². The van der Waals surface area contributed by atoms with E-state index in [0.717, 1.165) is 0 Å². The molecule has 0 radical (unpaired) electrons. The standard InChI is InChI=1S/C9H17NO4/c1-6(9(12)13)4-10-8(11)7(2)5-14-3/h6-7H,4-5H2,1-3H3,(H,10,11)(H,12,13). The van der Waals surface area contributed by atoms with Gasteiger partial charge >= 0.3 is 5.97 Å². The van der Waals surface area contributed by atoms with Crippen LogP contribution in [-0.4, -0.2) is 37.2 Å². The Labute approximate surface area is 83.4 Å². The van der Waals surface area contributed by atoms with Crippen molar-refractivity contribution in [3.05, 3.63) is 0 Å². The SMILES string of the molecule is COCC(C)C(=O)NCC(C)C(=O)O. The van der Waals surface area contributed by atoms with Crippen molar-refractivity contribution in [3.63, 3.8) is 0 Å². The molecule has 0 fully saturated rings. The second-order valence-electron chi connectivity index (χ2n) is 3.34. The van der Waals surface area contributed by atoms with Crippen molar-refractivity contribution in [2.24, 2.45) is 11.8 Å². The van der Waals surface area contributed by atoms with Crippen molar-refractivity contribution in [1.29, 1.82) is 0 Å². The lowest BCUT2D eigenvalue weighted by molar-refractivity contribution is -0.141. The van der Waals surface area contributed by atoms with Crippen LogP contribution in [0.25, 0.3) is 0 Å². The summed E-state index contributed by atoms with van der Waals surface area (Å²) >= 11 is 0. The molecule has 2 unspecified atom stereocenters. The van der Waals surface area contributed by atoms with E-state index in [1.807, 2.05) is 0 Å². The minimum atomic E-state index is -0.912. The summed E-state index contributed by atoms with van der Waals surface area (Å²) in [6.45, 7) is 3.77. The van der Waals surface area contributed by atoms with E-state index in [1.54, 1.807) is 13.8 Å². The highest BCUT2D eigenvalue weighted by molar-refractivity contribution is 5.79. The lowest BCUT2D eigenvalue weighted by atomic mass is 10.1. The molecule has 0 spiro atoms. The van der Waals surface area contributed by atoms with E-state index in [1.165, 1.54) is 7.11 Å². The maximum Gasteiger partial charge on any atom is 0.308 e. The minimum absolute atomic E-state index is 0.155. The number of aliphatic carboxylic acids is 1. The quantitative estimate of drug-likeness (QED) is 0.642. The summed E-state index contributed by atoms with van der Waals surface area (Å²) in [5.74, 6) is -1.90. The number of methoxy groups -OCH3 is 1. The Morgan fingerprint density at radius 2 is 1.93 bits per heavy atom. The van der Waals surface area contributed by atoms with Gasteiger partial charge in [-0.3, -0.25) is 9.59 Å². The van der Waals surface area contributed by atoms with E-state index < -0.39 is 11.9 Å². The first-order valence-electron chi connectivity index (χ1n) is 4.48. The first-order chi connectivity index (χ1) is 6.49. The molecule has 0 aliphatic heterocycles. The van der Waals surface area contributed by atoms with Gasteiger partial charge in [-0.15, -0.1) is 0 Å². The van der Waals surface area contributed by atoms with Gasteiger partial charge < -0.3 is 15.2 Å². The fourth-order valence-corrected chi connectivity index (χ4v) is 0.841. The number of hydrogen-bond acceptors (Lipinski definition) is 3. The van der Waals surface area contributed by atoms with Crippen LogP contribution in [0, 0.1) is 11.8 Å². The fraction of sp³-hybridized carbons (Fsp3) is 0.778. The number of carbonyl (C=O) groups excluding carboxylic acids is 1. The van der Waals surface area contributed by atoms with Crippen LogP contribution in [-0.2, 0) is 14.3 Å². The third-order valence-corrected chi connectivity index (χ3v) is 1.87. The monoisotopic (exact) mass is 203 g/mol. The second-order valence-corrected chi connectivity index (χ2v) is 3.34. The number of hydrogen-bond donors (Lipinski definition) is 2. The average molecular weight is 203 g/mol. The summed E-state index contributed by atoms with van der Waals surface area (Å²) in [6.07, 6.45) is 0. The van der Waals surface area contributed by atoms with E-state index in [4.69, 9.17) is 9.84 Å². The van der Waals surface area contributed by atoms with Gasteiger partial charge in [0, 0.05) is 13.7 Å². The number of ether oxygens (including phenoxy) is 1. The van der Waals surface area contributed by atoms with Crippen LogP contribution in [0.3, 0.4) is 0 Å². The van der Waals surface area contributed by atoms with E-state index in [2.05, 4.69) is 5.32 Å². The molecule has 2 N–H and O–H groups in total. The van der Waals surface area contributed by atoms with E-state index >= 15 is 0 Å². The van der Waals surface area contributed by atoms with Gasteiger partial charge in [0.1, 0.15) is 0 Å². The van der Waals surface area contributed by atoms with Gasteiger partial charge in [0.05, 0.1) is 18.4 Å². The summed E-state index contributed by atoms with van der Waals surface area (Å²) in [6, 6.07) is 0. The molecular weight excluding hydrogens is 186 g/mol. The van der Waals surface area contributed by atoms with Crippen LogP contribution >= 0.6 is 0 Å². The lowest BCUT2D eigenvalue weighted by Crippen LogP contribution is -2.36. The summed E-state index contributed by atoms with van der Waals surface area (Å²) in [7, 11) is 1.52. The number of rotatable bonds is 6. The maximum atomic E-state index is 11.3. The molecule has 5 nitrogen and oxygen atoms in total. The van der Waals surface area contributed by atoms with Crippen molar-refractivity contribution in [2.45, 2.75) is 13.8 Å². The van der Waals surface area contributed by atoms with Crippen molar-refractivity contribution in [2.75, 3.05) is 20.3 Å². The summed E-state index contributed by atoms with van der Waals surface area (Å²) < 4.78 is 4.80. The normalized spacial score (nSPS) is 14.5. The van der Waals surface area contributed by atoms with Gasteiger partial charge in [0.25, 0.3) is 0 Å². The Morgan fingerprint density at radius 1 is 1.36 bits per heavy atom. The average Bonchev–Trinajstić information content (AvgIpc) is 2.13. The highest BCUT2D eigenvalue weighted by Crippen LogP contribution is 1.97. The Bertz CT molecular complexity index is 205. The Balaban J connectivity index is 3.78. The van der Waals surface area contributed by atoms with Crippen LogP contribution in [0.1, 0.15) is 13.8 Å². The third-order valence-electron chi connectivity index (χ3n) is 1.87. The molecule has 0 aromatic rings. The Kier molecular flexibility index (Phi) is 5.87. The summed E-state index contributed by atoms with van der Waals surface area (Å²) in [5, 5.41) is 11.1. The minimum Gasteiger partial charge on any atom is -0.481 e. The molecule has 0 aromatic heterocycles. The number of amides is 1. The van der Waals surface area contributed by atoms with Gasteiger partial charge in [-0.1, -0.05) is 13.8 Å². The van der Waals surface area contributed by atoms with Gasteiger partial charge in [-0.05, 0) is 0 Å². The van der Waals surface area contributed by atoms with E-state index in [9.17, 15) is 9.59 Å². The molecule has 0 rings (SSSR count). The van der Waals surface area contributed by atoms with Crippen LogP contribution in [0.5, 0.6) is 0 Å². The second kappa shape index (κ2) is 6.37. The molecule has 0 heterocycles.